The molecule has 0 radical (unpaired) electrons. The summed E-state index contributed by atoms with van der Waals surface area (Å²) in [5.41, 5.74) is 9.55. The fraction of sp³-hybridized carbons (Fsp3) is 0.320. The highest BCUT2D eigenvalue weighted by molar-refractivity contribution is 5.95. The Morgan fingerprint density at radius 2 is 1.88 bits per heavy atom. The molecule has 0 atom stereocenters. The first-order valence-electron chi connectivity index (χ1n) is 10.7. The van der Waals surface area contributed by atoms with Crippen LogP contribution >= 0.6 is 0 Å². The Morgan fingerprint density at radius 3 is 2.45 bits per heavy atom. The third-order valence-corrected chi connectivity index (χ3v) is 4.71. The average Bonchev–Trinajstić information content (AvgIpc) is 2.77. The van der Waals surface area contributed by atoms with Crippen molar-refractivity contribution in [3.8, 4) is 11.8 Å². The van der Waals surface area contributed by atoms with Crippen LogP contribution in [0.3, 0.4) is 0 Å². The Kier molecular flexibility index (Phi) is 9.30. The standard InChI is InChI=1S/C25H31N5O3/c1-5-33-23(31)16-29-25(32)30(17(2)3)22-13-10-19(18(4)15-22)7-6-14-28-21-11-8-20(9-12-21)24(26)27/h8-13,15,17,28H,5,14,16H2,1-4H3,(H3,26,27)(H,29,32). The van der Waals surface area contributed by atoms with E-state index in [1.807, 2.05) is 51.1 Å². The molecule has 0 spiro atoms. The molecule has 0 fully saturated rings. The summed E-state index contributed by atoms with van der Waals surface area (Å²) in [5, 5.41) is 13.2. The van der Waals surface area contributed by atoms with E-state index in [-0.39, 0.29) is 31.1 Å². The number of hydrogen-bond acceptors (Lipinski definition) is 5. The molecule has 0 aromatic heterocycles. The van der Waals surface area contributed by atoms with Crippen LogP contribution in [-0.4, -0.2) is 43.6 Å². The maximum absolute atomic E-state index is 12.6. The summed E-state index contributed by atoms with van der Waals surface area (Å²) in [4.78, 5) is 25.8. The molecule has 0 bridgehead atoms. The van der Waals surface area contributed by atoms with Crippen molar-refractivity contribution in [1.29, 1.82) is 5.41 Å². The van der Waals surface area contributed by atoms with Crippen molar-refractivity contribution in [2.24, 2.45) is 5.73 Å². The van der Waals surface area contributed by atoms with E-state index in [4.69, 9.17) is 15.9 Å². The zero-order chi connectivity index (χ0) is 24.4. The molecule has 5 N–H and O–H groups in total. The molecule has 2 amide bonds. The van der Waals surface area contributed by atoms with E-state index in [9.17, 15) is 9.59 Å². The number of nitrogens with one attached hydrogen (secondary N) is 3. The van der Waals surface area contributed by atoms with E-state index < -0.39 is 5.97 Å². The van der Waals surface area contributed by atoms with Crippen molar-refractivity contribution in [1.82, 2.24) is 5.32 Å². The highest BCUT2D eigenvalue weighted by Crippen LogP contribution is 2.21. The van der Waals surface area contributed by atoms with E-state index in [0.717, 1.165) is 22.5 Å². The number of anilines is 2. The number of amidine groups is 1. The van der Waals surface area contributed by atoms with Gasteiger partial charge in [-0.2, -0.15) is 0 Å². The minimum Gasteiger partial charge on any atom is -0.465 e. The normalized spacial score (nSPS) is 10.1. The number of esters is 1. The summed E-state index contributed by atoms with van der Waals surface area (Å²) >= 11 is 0. The molecule has 174 valence electrons. The highest BCUT2D eigenvalue weighted by Gasteiger charge is 2.20. The summed E-state index contributed by atoms with van der Waals surface area (Å²) < 4.78 is 4.86. The van der Waals surface area contributed by atoms with Crippen LogP contribution in [0.2, 0.25) is 0 Å². The summed E-state index contributed by atoms with van der Waals surface area (Å²) in [6.07, 6.45) is 0. The number of nitrogen functional groups attached to an aromatic ring is 1. The minimum absolute atomic E-state index is 0.0350. The number of aryl methyl sites for hydroxylation is 1. The number of nitrogens with zero attached hydrogens (tertiary/aromatic N) is 1. The van der Waals surface area contributed by atoms with Gasteiger partial charge in [-0.15, -0.1) is 0 Å². The smallest absolute Gasteiger partial charge is 0.325 e. The van der Waals surface area contributed by atoms with Gasteiger partial charge in [0.1, 0.15) is 12.4 Å². The van der Waals surface area contributed by atoms with Crippen molar-refractivity contribution in [3.63, 3.8) is 0 Å². The van der Waals surface area contributed by atoms with Crippen molar-refractivity contribution >= 4 is 29.2 Å². The third-order valence-electron chi connectivity index (χ3n) is 4.71. The lowest BCUT2D eigenvalue weighted by atomic mass is 10.1. The van der Waals surface area contributed by atoms with Crippen molar-refractivity contribution in [2.75, 3.05) is 29.9 Å². The number of urea groups is 1. The second-order valence-electron chi connectivity index (χ2n) is 7.57. The number of carbonyl (C=O) groups is 2. The van der Waals surface area contributed by atoms with Gasteiger partial charge >= 0.3 is 12.0 Å². The first-order valence-corrected chi connectivity index (χ1v) is 10.7. The van der Waals surface area contributed by atoms with E-state index in [0.29, 0.717) is 12.1 Å². The molecule has 8 nitrogen and oxygen atoms in total. The van der Waals surface area contributed by atoms with Gasteiger partial charge in [-0.1, -0.05) is 11.8 Å². The van der Waals surface area contributed by atoms with Gasteiger partial charge in [-0.05, 0) is 75.7 Å². The predicted octanol–water partition coefficient (Wildman–Crippen LogP) is 3.23. The van der Waals surface area contributed by atoms with Gasteiger partial charge in [0.05, 0.1) is 13.2 Å². The molecule has 0 saturated carbocycles. The lowest BCUT2D eigenvalue weighted by Gasteiger charge is -2.27. The number of carbonyl (C=O) groups excluding carboxylic acids is 2. The molecule has 33 heavy (non-hydrogen) atoms. The number of amides is 2. The van der Waals surface area contributed by atoms with E-state index >= 15 is 0 Å². The van der Waals surface area contributed by atoms with Crippen LogP contribution in [0.1, 0.15) is 37.5 Å². The first kappa shape index (κ1) is 25.3. The Bertz CT molecular complexity index is 1050. The lowest BCUT2D eigenvalue weighted by Crippen LogP contribution is -2.46. The first-order chi connectivity index (χ1) is 15.7. The van der Waals surface area contributed by atoms with Crippen LogP contribution < -0.4 is 21.3 Å². The molecule has 0 aliphatic heterocycles. The molecule has 0 unspecified atom stereocenters. The summed E-state index contributed by atoms with van der Waals surface area (Å²) in [6.45, 7) is 8.01. The number of hydrogen-bond donors (Lipinski definition) is 4. The predicted molar refractivity (Wildman–Crippen MR) is 132 cm³/mol. The van der Waals surface area contributed by atoms with Gasteiger partial charge in [-0.25, -0.2) is 4.79 Å². The maximum Gasteiger partial charge on any atom is 0.325 e. The van der Waals surface area contributed by atoms with Gasteiger partial charge in [0.2, 0.25) is 0 Å². The number of nitrogens with two attached hydrogens (primary N) is 1. The molecule has 8 heteroatoms. The molecular formula is C25H31N5O3. The van der Waals surface area contributed by atoms with Crippen LogP contribution in [0.15, 0.2) is 42.5 Å². The van der Waals surface area contributed by atoms with E-state index in [1.54, 1.807) is 24.0 Å². The maximum atomic E-state index is 12.6. The minimum atomic E-state index is -0.472. The number of benzene rings is 2. The Balaban J connectivity index is 2.03. The van der Waals surface area contributed by atoms with Gasteiger partial charge in [0, 0.05) is 28.5 Å². The van der Waals surface area contributed by atoms with Gasteiger partial charge < -0.3 is 21.1 Å². The highest BCUT2D eigenvalue weighted by atomic mass is 16.5. The van der Waals surface area contributed by atoms with E-state index in [2.05, 4.69) is 22.5 Å². The van der Waals surface area contributed by atoms with Crippen LogP contribution in [0.5, 0.6) is 0 Å². The van der Waals surface area contributed by atoms with Crippen LogP contribution in [0, 0.1) is 24.2 Å². The van der Waals surface area contributed by atoms with Crippen LogP contribution in [-0.2, 0) is 9.53 Å². The van der Waals surface area contributed by atoms with Crippen molar-refractivity contribution < 1.29 is 14.3 Å². The van der Waals surface area contributed by atoms with Gasteiger partial charge in [0.15, 0.2) is 0 Å². The van der Waals surface area contributed by atoms with Gasteiger partial charge in [-0.3, -0.25) is 15.1 Å². The second-order valence-corrected chi connectivity index (χ2v) is 7.57. The number of ether oxygens (including phenoxy) is 1. The monoisotopic (exact) mass is 449 g/mol. The molecule has 0 aliphatic carbocycles. The van der Waals surface area contributed by atoms with Gasteiger partial charge in [0.25, 0.3) is 0 Å². The fourth-order valence-corrected chi connectivity index (χ4v) is 3.09. The summed E-state index contributed by atoms with van der Waals surface area (Å²) in [6, 6.07) is 12.4. The summed E-state index contributed by atoms with van der Waals surface area (Å²) in [7, 11) is 0. The molecular weight excluding hydrogens is 418 g/mol. The second kappa shape index (κ2) is 12.2. The van der Waals surface area contributed by atoms with Crippen molar-refractivity contribution in [2.45, 2.75) is 33.7 Å². The number of rotatable bonds is 8. The molecule has 2 rings (SSSR count). The zero-order valence-electron chi connectivity index (χ0n) is 19.5. The topological polar surface area (TPSA) is 121 Å². The van der Waals surface area contributed by atoms with Crippen LogP contribution in [0.4, 0.5) is 16.2 Å². The largest absolute Gasteiger partial charge is 0.465 e. The Morgan fingerprint density at radius 1 is 1.18 bits per heavy atom. The van der Waals surface area contributed by atoms with E-state index in [1.165, 1.54) is 0 Å². The zero-order valence-corrected chi connectivity index (χ0v) is 19.5. The molecule has 0 aliphatic rings. The lowest BCUT2D eigenvalue weighted by molar-refractivity contribution is -0.141. The summed E-state index contributed by atoms with van der Waals surface area (Å²) in [5.74, 6) is 5.80. The molecule has 0 saturated heterocycles. The SMILES string of the molecule is CCOC(=O)CNC(=O)N(c1ccc(C#CCNc2ccc(C(=N)N)cc2)c(C)c1)C(C)C. The third kappa shape index (κ3) is 7.58. The van der Waals surface area contributed by atoms with Crippen LogP contribution in [0.25, 0.3) is 0 Å². The van der Waals surface area contributed by atoms with Crippen molar-refractivity contribution in [3.05, 3.63) is 59.2 Å². The molecule has 2 aromatic carbocycles. The fourth-order valence-electron chi connectivity index (χ4n) is 3.09. The Labute approximate surface area is 195 Å². The molecule has 0 heterocycles. The quantitative estimate of drug-likeness (QED) is 0.213. The molecule has 2 aromatic rings. The Hall–Kier alpha value is -3.99. The average molecular weight is 450 g/mol.